The molecular formula is C12H13ClN+. The highest BCUT2D eigenvalue weighted by Gasteiger charge is 2.12. The molecule has 0 aliphatic carbocycles. The molecule has 0 atom stereocenters. The van der Waals surface area contributed by atoms with Crippen molar-refractivity contribution in [3.8, 4) is 0 Å². The van der Waals surface area contributed by atoms with Crippen LogP contribution in [0.15, 0.2) is 30.3 Å². The molecule has 0 aliphatic rings. The number of para-hydroxylation sites is 1. The van der Waals surface area contributed by atoms with Crippen molar-refractivity contribution < 1.29 is 4.57 Å². The average molecular weight is 207 g/mol. The number of halogens is 1. The minimum Gasteiger partial charge on any atom is -0.196 e. The molecule has 0 radical (unpaired) electrons. The Morgan fingerprint density at radius 1 is 1.29 bits per heavy atom. The summed E-state index contributed by atoms with van der Waals surface area (Å²) in [6.45, 7) is 5.21. The Balaban J connectivity index is 2.90. The van der Waals surface area contributed by atoms with E-state index in [2.05, 4.69) is 30.5 Å². The summed E-state index contributed by atoms with van der Waals surface area (Å²) in [4.78, 5) is 0. The molecule has 0 N–H and O–H groups in total. The van der Waals surface area contributed by atoms with Crippen LogP contribution in [-0.2, 0) is 6.54 Å². The lowest BCUT2D eigenvalue weighted by molar-refractivity contribution is -0.673. The van der Waals surface area contributed by atoms with E-state index in [1.807, 2.05) is 18.2 Å². The average Bonchev–Trinajstić information content (AvgIpc) is 2.18. The van der Waals surface area contributed by atoms with Crippen molar-refractivity contribution >= 4 is 22.5 Å². The van der Waals surface area contributed by atoms with Gasteiger partial charge in [0.15, 0.2) is 5.69 Å². The summed E-state index contributed by atoms with van der Waals surface area (Å²) in [6.07, 6.45) is 0. The lowest BCUT2D eigenvalue weighted by atomic mass is 10.2. The predicted octanol–water partition coefficient (Wildman–Crippen LogP) is 3.11. The van der Waals surface area contributed by atoms with E-state index in [1.165, 1.54) is 11.2 Å². The Bertz CT molecular complexity index is 477. The van der Waals surface area contributed by atoms with E-state index in [0.29, 0.717) is 0 Å². The highest BCUT2D eigenvalue weighted by Crippen LogP contribution is 2.21. The van der Waals surface area contributed by atoms with Gasteiger partial charge in [0.1, 0.15) is 6.54 Å². The molecule has 2 aromatic rings. The smallest absolute Gasteiger partial charge is 0.196 e. The summed E-state index contributed by atoms with van der Waals surface area (Å²) < 4.78 is 2.27. The van der Waals surface area contributed by atoms with Crippen molar-refractivity contribution in [2.75, 3.05) is 0 Å². The van der Waals surface area contributed by atoms with Gasteiger partial charge >= 0.3 is 0 Å². The van der Waals surface area contributed by atoms with Gasteiger partial charge < -0.3 is 0 Å². The number of fused-ring (bicyclic) bond motifs is 1. The van der Waals surface area contributed by atoms with Crippen LogP contribution in [0.5, 0.6) is 0 Å². The van der Waals surface area contributed by atoms with E-state index in [0.717, 1.165) is 17.0 Å². The maximum atomic E-state index is 6.18. The number of hydrogen-bond donors (Lipinski definition) is 0. The largest absolute Gasteiger partial charge is 0.214 e. The molecule has 0 saturated carbocycles. The van der Waals surface area contributed by atoms with Gasteiger partial charge in [-0.2, -0.15) is 4.57 Å². The second-order valence-electron chi connectivity index (χ2n) is 3.40. The van der Waals surface area contributed by atoms with Gasteiger partial charge in [0.05, 0.1) is 10.4 Å². The Kier molecular flexibility index (Phi) is 2.42. The summed E-state index contributed by atoms with van der Waals surface area (Å²) in [7, 11) is 0. The maximum Gasteiger partial charge on any atom is 0.214 e. The molecule has 1 aromatic heterocycles. The summed E-state index contributed by atoms with van der Waals surface area (Å²) >= 11 is 6.18. The molecule has 2 rings (SSSR count). The van der Waals surface area contributed by atoms with Gasteiger partial charge in [0, 0.05) is 19.1 Å². The molecule has 0 fully saturated rings. The van der Waals surface area contributed by atoms with E-state index in [4.69, 9.17) is 11.6 Å². The van der Waals surface area contributed by atoms with Gasteiger partial charge in [-0.05, 0) is 13.0 Å². The molecule has 0 spiro atoms. The third kappa shape index (κ3) is 1.38. The molecule has 1 aromatic carbocycles. The van der Waals surface area contributed by atoms with Gasteiger partial charge in [0.25, 0.3) is 0 Å². The van der Waals surface area contributed by atoms with Gasteiger partial charge in [-0.25, -0.2) is 0 Å². The molecule has 0 amide bonds. The van der Waals surface area contributed by atoms with Crippen molar-refractivity contribution in [2.24, 2.45) is 0 Å². The summed E-state index contributed by atoms with van der Waals surface area (Å²) in [5, 5.41) is 1.96. The number of benzene rings is 1. The number of rotatable bonds is 1. The molecule has 72 valence electrons. The highest BCUT2D eigenvalue weighted by atomic mass is 35.5. The molecule has 0 saturated heterocycles. The maximum absolute atomic E-state index is 6.18. The molecule has 1 nitrogen and oxygen atoms in total. The van der Waals surface area contributed by atoms with Crippen LogP contribution in [0, 0.1) is 6.92 Å². The first-order chi connectivity index (χ1) is 6.74. The molecule has 0 bridgehead atoms. The monoisotopic (exact) mass is 206 g/mol. The molecule has 14 heavy (non-hydrogen) atoms. The van der Waals surface area contributed by atoms with Crippen LogP contribution >= 0.6 is 11.6 Å². The van der Waals surface area contributed by atoms with Crippen molar-refractivity contribution in [3.05, 3.63) is 41.0 Å². The van der Waals surface area contributed by atoms with Crippen LogP contribution in [0.4, 0.5) is 0 Å². The lowest BCUT2D eigenvalue weighted by Gasteiger charge is -2.03. The topological polar surface area (TPSA) is 3.88 Å². The molecule has 0 unspecified atom stereocenters. The fourth-order valence-electron chi connectivity index (χ4n) is 1.86. The fourth-order valence-corrected chi connectivity index (χ4v) is 2.18. The number of aryl methyl sites for hydroxylation is 2. The Morgan fingerprint density at radius 2 is 2.00 bits per heavy atom. The van der Waals surface area contributed by atoms with Crippen LogP contribution in [0.1, 0.15) is 12.6 Å². The summed E-state index contributed by atoms with van der Waals surface area (Å²) in [5.74, 6) is 0. The quantitative estimate of drug-likeness (QED) is 0.632. The Hall–Kier alpha value is -1.08. The number of hydrogen-bond acceptors (Lipinski definition) is 0. The molecular weight excluding hydrogens is 194 g/mol. The van der Waals surface area contributed by atoms with Gasteiger partial charge in [0.2, 0.25) is 5.52 Å². The van der Waals surface area contributed by atoms with Crippen LogP contribution in [-0.4, -0.2) is 0 Å². The highest BCUT2D eigenvalue weighted by molar-refractivity contribution is 6.35. The molecule has 0 aliphatic heterocycles. The van der Waals surface area contributed by atoms with Crippen LogP contribution < -0.4 is 4.57 Å². The second-order valence-corrected chi connectivity index (χ2v) is 3.80. The first-order valence-electron chi connectivity index (χ1n) is 4.81. The minimum absolute atomic E-state index is 0.836. The van der Waals surface area contributed by atoms with E-state index in [1.54, 1.807) is 0 Å². The third-order valence-corrected chi connectivity index (χ3v) is 2.84. The normalized spacial score (nSPS) is 10.8. The summed E-state index contributed by atoms with van der Waals surface area (Å²) in [6, 6.07) is 10.3. The number of nitrogens with zero attached hydrogens (tertiary/aromatic N) is 1. The standard InChI is InChI=1S/C12H13ClN/c1-3-14-9(2)8-11(13)10-6-4-5-7-12(10)14/h4-8H,3H2,1-2H3/q+1. The van der Waals surface area contributed by atoms with E-state index in [-0.39, 0.29) is 0 Å². The number of aromatic nitrogens is 1. The zero-order valence-electron chi connectivity index (χ0n) is 8.42. The lowest BCUT2D eigenvalue weighted by Crippen LogP contribution is -2.36. The minimum atomic E-state index is 0.836. The van der Waals surface area contributed by atoms with Crippen LogP contribution in [0.3, 0.4) is 0 Å². The van der Waals surface area contributed by atoms with Crippen LogP contribution in [0.25, 0.3) is 10.9 Å². The van der Waals surface area contributed by atoms with Crippen LogP contribution in [0.2, 0.25) is 5.02 Å². The summed E-state index contributed by atoms with van der Waals surface area (Å²) in [5.41, 5.74) is 2.41. The van der Waals surface area contributed by atoms with Gasteiger partial charge in [-0.15, -0.1) is 0 Å². The first-order valence-corrected chi connectivity index (χ1v) is 5.19. The Labute approximate surface area is 88.9 Å². The Morgan fingerprint density at radius 3 is 2.71 bits per heavy atom. The number of pyridine rings is 1. The van der Waals surface area contributed by atoms with Crippen molar-refractivity contribution in [2.45, 2.75) is 20.4 Å². The van der Waals surface area contributed by atoms with Gasteiger partial charge in [-0.1, -0.05) is 23.7 Å². The third-order valence-electron chi connectivity index (χ3n) is 2.53. The van der Waals surface area contributed by atoms with E-state index >= 15 is 0 Å². The zero-order chi connectivity index (χ0) is 10.1. The predicted molar refractivity (Wildman–Crippen MR) is 59.6 cm³/mol. The van der Waals surface area contributed by atoms with Crippen molar-refractivity contribution in [1.82, 2.24) is 0 Å². The fraction of sp³-hybridized carbons (Fsp3) is 0.250. The van der Waals surface area contributed by atoms with Crippen molar-refractivity contribution in [3.63, 3.8) is 0 Å². The first kappa shape index (κ1) is 9.47. The van der Waals surface area contributed by atoms with E-state index < -0.39 is 0 Å². The zero-order valence-corrected chi connectivity index (χ0v) is 9.17. The molecule has 1 heterocycles. The van der Waals surface area contributed by atoms with E-state index in [9.17, 15) is 0 Å². The van der Waals surface area contributed by atoms with Gasteiger partial charge in [-0.3, -0.25) is 0 Å². The SMILES string of the molecule is CC[n+]1c(C)cc(Cl)c2ccccc21. The second kappa shape index (κ2) is 3.58. The van der Waals surface area contributed by atoms with Crippen molar-refractivity contribution in [1.29, 1.82) is 0 Å². The molecule has 2 heteroatoms.